The minimum atomic E-state index is -4.59. The summed E-state index contributed by atoms with van der Waals surface area (Å²) in [6.07, 6.45) is -10.8. The van der Waals surface area contributed by atoms with Crippen molar-refractivity contribution in [3.8, 4) is 0 Å². The second-order valence-electron chi connectivity index (χ2n) is 17.7. The monoisotopic (exact) mass is 1450 g/mol. The van der Waals surface area contributed by atoms with Gasteiger partial charge in [-0.1, -0.05) is 111 Å². The molecule has 5 aromatic carbocycles. The number of carboxylic acid groups (broad SMARTS) is 1. The second-order valence-corrected chi connectivity index (χ2v) is 22.1. The van der Waals surface area contributed by atoms with Crippen LogP contribution in [0.5, 0.6) is 0 Å². The van der Waals surface area contributed by atoms with E-state index in [4.69, 9.17) is 60.9 Å². The van der Waals surface area contributed by atoms with Crippen LogP contribution in [-0.4, -0.2) is 55.9 Å². The number of nitrogens with two attached hydrogens (primary N) is 2. The molecule has 0 saturated carbocycles. The molecule has 0 aliphatic rings. The number of hydrogen-bond donors (Lipinski definition) is 7. The molecule has 9 N–H and O–H groups in total. The molecule has 0 saturated heterocycles. The Kier molecular flexibility index (Phi) is 30.4. The minimum absolute atomic E-state index is 0. The van der Waals surface area contributed by atoms with Crippen molar-refractivity contribution in [1.82, 2.24) is 25.6 Å². The fourth-order valence-electron chi connectivity index (χ4n) is 6.58. The lowest BCUT2D eigenvalue weighted by atomic mass is 10.2. The maximum absolute atomic E-state index is 12.8. The Balaban J connectivity index is 0.000000324. The number of amides is 4. The van der Waals surface area contributed by atoms with Gasteiger partial charge in [-0.05, 0) is 92.3 Å². The van der Waals surface area contributed by atoms with Crippen LogP contribution in [0.3, 0.4) is 0 Å². The highest BCUT2D eigenvalue weighted by Crippen LogP contribution is 2.38. The predicted molar refractivity (Wildman–Crippen MR) is 329 cm³/mol. The number of nitrogens with one attached hydrogen (secondary N) is 4. The van der Waals surface area contributed by atoms with E-state index >= 15 is 0 Å². The highest BCUT2D eigenvalue weighted by Gasteiger charge is 2.35. The number of benzene rings is 5. The van der Waals surface area contributed by atoms with Crippen molar-refractivity contribution in [1.29, 1.82) is 0 Å². The van der Waals surface area contributed by atoms with Gasteiger partial charge in [-0.2, -0.15) is 39.5 Å². The average molecular weight is 1450 g/mol. The molecule has 3 unspecified atom stereocenters. The molecule has 0 aliphatic heterocycles. The van der Waals surface area contributed by atoms with Gasteiger partial charge in [-0.3, -0.25) is 14.3 Å². The molecule has 4 amide bonds. The molecule has 0 aliphatic carbocycles. The highest BCUT2D eigenvalue weighted by molar-refractivity contribution is 9.08. The summed E-state index contributed by atoms with van der Waals surface area (Å²) in [6, 6.07) is 26.3. The summed E-state index contributed by atoms with van der Waals surface area (Å²) in [7, 11) is 0. The number of thiazole rings is 3. The maximum atomic E-state index is 12.8. The zero-order chi connectivity index (χ0) is 66.4. The highest BCUT2D eigenvalue weighted by atomic mass is 79.9. The number of nitrogens with zero attached hydrogens (tertiary/aromatic N) is 3. The molecule has 34 heteroatoms. The summed E-state index contributed by atoms with van der Waals surface area (Å²) >= 11 is 22.7. The third-order valence-electron chi connectivity index (χ3n) is 10.8. The Morgan fingerprint density at radius 2 is 0.878 bits per heavy atom. The Hall–Kier alpha value is -7.65. The van der Waals surface area contributed by atoms with Crippen LogP contribution in [-0.2, 0) is 41.2 Å². The van der Waals surface area contributed by atoms with E-state index in [1.54, 1.807) is 20.8 Å². The third-order valence-corrected chi connectivity index (χ3v) is 15.3. The lowest BCUT2D eigenvalue weighted by Crippen LogP contribution is -2.27. The van der Waals surface area contributed by atoms with Crippen molar-refractivity contribution in [2.45, 2.75) is 70.6 Å². The molecule has 0 radical (unpaired) electrons. The molecule has 17 nitrogen and oxygen atoms in total. The molecular weight excluding hydrogens is 1400 g/mol. The van der Waals surface area contributed by atoms with E-state index in [0.29, 0.717) is 19.9 Å². The van der Waals surface area contributed by atoms with Crippen molar-refractivity contribution in [2.24, 2.45) is 5.73 Å². The summed E-state index contributed by atoms with van der Waals surface area (Å²) in [4.78, 5) is 71.6. The van der Waals surface area contributed by atoms with E-state index in [-0.39, 0.29) is 55.8 Å². The molecule has 90 heavy (non-hydrogen) atoms. The second kappa shape index (κ2) is 35.7. The SMILES string of the molecule is CBr.CC(N)c1ncc(C(=O)Nc2ccc(C(F)(F)F)c(Cl)c2)s1.CC(NC(=O)OCc1ccccc1)c1ncc(C(=O)Nc2ccc(C(F)(F)F)c(Cl)c2)s1.CC(NC(=O)OCc1ccccc1)c1ncc(C(=O)O)s1.F.Nc1ccc(C(F)(F)F)c(Cl)c1. The third kappa shape index (κ3) is 25.0. The smallest absolute Gasteiger partial charge is 0.417 e. The Morgan fingerprint density at radius 3 is 1.20 bits per heavy atom. The number of carbonyl (C=O) groups is 5. The zero-order valence-electron chi connectivity index (χ0n) is 46.7. The molecule has 8 rings (SSSR count). The first-order chi connectivity index (χ1) is 41.8. The Labute approximate surface area is 541 Å². The van der Waals surface area contributed by atoms with Crippen LogP contribution in [0.25, 0.3) is 0 Å². The largest absolute Gasteiger partial charge is 0.477 e. The summed E-state index contributed by atoms with van der Waals surface area (Å²) in [5, 5.41) is 19.2. The number of anilines is 3. The quantitative estimate of drug-likeness (QED) is 0.0304. The minimum Gasteiger partial charge on any atom is -0.477 e. The van der Waals surface area contributed by atoms with Crippen molar-refractivity contribution < 1.29 is 82.8 Å². The van der Waals surface area contributed by atoms with Gasteiger partial charge in [-0.25, -0.2) is 29.3 Å². The van der Waals surface area contributed by atoms with Gasteiger partial charge in [0.15, 0.2) is 0 Å². The number of aromatic carboxylic acids is 1. The first-order valence-electron chi connectivity index (χ1n) is 25.0. The molecule has 0 spiro atoms. The van der Waals surface area contributed by atoms with Crippen LogP contribution in [0, 0.1) is 0 Å². The summed E-state index contributed by atoms with van der Waals surface area (Å²) < 4.78 is 123. The average Bonchev–Trinajstić information content (AvgIpc) is 2.11. The first kappa shape index (κ1) is 76.6. The molecule has 3 aromatic heterocycles. The van der Waals surface area contributed by atoms with E-state index in [1.165, 1.54) is 18.6 Å². The van der Waals surface area contributed by atoms with Crippen molar-refractivity contribution in [3.05, 3.63) is 206 Å². The van der Waals surface area contributed by atoms with Gasteiger partial charge < -0.3 is 47.3 Å². The fourth-order valence-corrected chi connectivity index (χ4v) is 9.79. The first-order valence-corrected chi connectivity index (χ1v) is 30.1. The van der Waals surface area contributed by atoms with E-state index in [0.717, 1.165) is 99.7 Å². The van der Waals surface area contributed by atoms with Crippen LogP contribution >= 0.6 is 84.7 Å². The molecular formula is C56H51BrCl3F10N9O8S3. The Bertz CT molecular complexity index is 3650. The molecule has 0 bridgehead atoms. The number of carboxylic acids is 1. The fraction of sp³-hybridized carbons (Fsp3) is 0.214. The Morgan fingerprint density at radius 1 is 0.544 bits per heavy atom. The van der Waals surface area contributed by atoms with E-state index in [1.807, 2.05) is 66.5 Å². The van der Waals surface area contributed by atoms with Crippen LogP contribution in [0.4, 0.5) is 70.9 Å². The standard InChI is InChI=1S/C21H17ClF3N3O3S.C14H14N2O4S.C13H11ClF3N3OS.C7H5ClF3N.CH3Br.FH/c1-12(27-20(30)31-11-13-5-3-2-4-6-13)19-26-10-17(32-19)18(29)28-14-7-8-15(16(22)9-14)21(23,24)25;1-9(12-15-7-11(21-12)13(17)18)16-14(19)20-8-10-5-3-2-4-6-10;1-6(18)12-19-5-10(22-12)11(21)20-7-2-3-8(9(14)4-7)13(15,16)17;8-6-3-4(12)1-2-5(6)7(9,10)11;1-2;/h2-10,12H,11H2,1H3,(H,27,30)(H,28,29);2-7,9H,8H2,1H3,(H,16,19)(H,17,18);2-6H,18H2,1H3,(H,20,21);1-3H,12H2;1H3;1H. The van der Waals surface area contributed by atoms with Gasteiger partial charge in [0.05, 0.1) is 68.5 Å². The van der Waals surface area contributed by atoms with Crippen molar-refractivity contribution in [3.63, 3.8) is 0 Å². The van der Waals surface area contributed by atoms with Crippen LogP contribution < -0.4 is 32.7 Å². The number of ether oxygens (including phenoxy) is 2. The van der Waals surface area contributed by atoms with Crippen molar-refractivity contribution in [2.75, 3.05) is 22.2 Å². The predicted octanol–water partition coefficient (Wildman–Crippen LogP) is 17.1. The van der Waals surface area contributed by atoms with Crippen LogP contribution in [0.2, 0.25) is 15.1 Å². The molecule has 484 valence electrons. The van der Waals surface area contributed by atoms with Gasteiger partial charge in [0.2, 0.25) is 0 Å². The number of halogens is 14. The number of alkyl halides is 10. The topological polar surface area (TPSA) is 263 Å². The van der Waals surface area contributed by atoms with E-state index in [9.17, 15) is 63.5 Å². The van der Waals surface area contributed by atoms with Crippen LogP contribution in [0.15, 0.2) is 134 Å². The zero-order valence-corrected chi connectivity index (χ0v) is 53.0. The summed E-state index contributed by atoms with van der Waals surface area (Å²) in [6.45, 7) is 5.42. The van der Waals surface area contributed by atoms with Gasteiger partial charge in [0, 0.05) is 17.1 Å². The van der Waals surface area contributed by atoms with Gasteiger partial charge in [0.1, 0.15) is 42.9 Å². The number of alkyl carbamates (subject to hydrolysis) is 2. The molecule has 3 atom stereocenters. The molecule has 3 heterocycles. The number of rotatable bonds is 14. The summed E-state index contributed by atoms with van der Waals surface area (Å²) in [5.41, 5.74) is 10.3. The van der Waals surface area contributed by atoms with Gasteiger partial charge >= 0.3 is 36.7 Å². The normalized spacial score (nSPS) is 11.8. The van der Waals surface area contributed by atoms with Gasteiger partial charge in [-0.15, -0.1) is 34.0 Å². The number of nitrogen functional groups attached to an aromatic ring is 1. The summed E-state index contributed by atoms with van der Waals surface area (Å²) in [5.74, 6) is -0.270. The van der Waals surface area contributed by atoms with Crippen molar-refractivity contribution >= 4 is 132 Å². The lowest BCUT2D eigenvalue weighted by Gasteiger charge is -2.12. The number of carbonyl (C=O) groups excluding carboxylic acids is 4. The maximum Gasteiger partial charge on any atom is 0.417 e. The number of aromatic nitrogens is 3. The van der Waals surface area contributed by atoms with Gasteiger partial charge in [0.25, 0.3) is 11.8 Å². The van der Waals surface area contributed by atoms with E-state index in [2.05, 4.69) is 52.1 Å². The number of hydrogen-bond acceptors (Lipinski definition) is 15. The molecule has 0 fully saturated rings. The van der Waals surface area contributed by atoms with Crippen LogP contribution in [0.1, 0.15) is 111 Å². The lowest BCUT2D eigenvalue weighted by molar-refractivity contribution is -0.138. The molecule has 8 aromatic rings. The van der Waals surface area contributed by atoms with E-state index < -0.39 is 87.3 Å².